The summed E-state index contributed by atoms with van der Waals surface area (Å²) in [6.07, 6.45) is 4.13. The van der Waals surface area contributed by atoms with Gasteiger partial charge in [-0.05, 0) is 19.3 Å². The number of carbonyl (C=O) groups excluding carboxylic acids is 1. The van der Waals surface area contributed by atoms with Crippen LogP contribution in [0.4, 0.5) is 0 Å². The number of esters is 1. The van der Waals surface area contributed by atoms with Crippen molar-refractivity contribution in [1.29, 1.82) is 0 Å². The van der Waals surface area contributed by atoms with Gasteiger partial charge in [-0.25, -0.2) is 0 Å². The number of nitrogens with zero attached hydrogens (tertiary/aromatic N) is 2. The molecule has 4 nitrogen and oxygen atoms in total. The Bertz CT molecular complexity index is 467. The summed E-state index contributed by atoms with van der Waals surface area (Å²) < 4.78 is 6.98. The van der Waals surface area contributed by atoms with Crippen LogP contribution < -0.4 is 4.68 Å². The monoisotopic (exact) mass is 341 g/mol. The van der Waals surface area contributed by atoms with Gasteiger partial charge in [0.25, 0.3) is 9.49 Å². The average Bonchev–Trinajstić information content (AvgIpc) is 2.66. The van der Waals surface area contributed by atoms with Crippen molar-refractivity contribution in [3.63, 3.8) is 0 Å². The van der Waals surface area contributed by atoms with E-state index in [9.17, 15) is 4.79 Å². The first kappa shape index (κ1) is 17.6. The van der Waals surface area contributed by atoms with Crippen LogP contribution in [0, 0.1) is 0 Å². The minimum absolute atomic E-state index is 0.159. The van der Waals surface area contributed by atoms with Crippen LogP contribution in [0.3, 0.4) is 0 Å². The van der Waals surface area contributed by atoms with Crippen LogP contribution in [0.5, 0.6) is 0 Å². The summed E-state index contributed by atoms with van der Waals surface area (Å²) in [6, 6.07) is 1.91. The molecule has 1 heterocycles. The lowest BCUT2D eigenvalue weighted by Gasteiger charge is -2.03. The van der Waals surface area contributed by atoms with Gasteiger partial charge in [0.2, 0.25) is 0 Å². The minimum atomic E-state index is -1.42. The number of alkyl halides is 3. The van der Waals surface area contributed by atoms with Crippen molar-refractivity contribution >= 4 is 40.8 Å². The Kier molecular flexibility index (Phi) is 6.62. The fourth-order valence-electron chi connectivity index (χ4n) is 2.05. The molecule has 0 aliphatic heterocycles. The van der Waals surface area contributed by atoms with Gasteiger partial charge in [-0.3, -0.25) is 4.79 Å². The number of hydrogen-bond donors (Lipinski definition) is 0. The maximum Gasteiger partial charge on any atom is 0.305 e. The Morgan fingerprint density at radius 3 is 2.50 bits per heavy atom. The summed E-state index contributed by atoms with van der Waals surface area (Å²) in [4.78, 5) is 11.0. The summed E-state index contributed by atoms with van der Waals surface area (Å²) in [5, 5.41) is 0. The second-order valence-corrected chi connectivity index (χ2v) is 6.98. The molecule has 0 N–H and O–H groups in total. The maximum atomic E-state index is 11.0. The van der Waals surface area contributed by atoms with E-state index < -0.39 is 3.79 Å². The number of hydrogen-bond acceptors (Lipinski definition) is 2. The number of aromatic nitrogens is 2. The first-order chi connectivity index (χ1) is 9.27. The highest BCUT2D eigenvalue weighted by atomic mass is 35.6. The van der Waals surface area contributed by atoms with Crippen LogP contribution in [-0.4, -0.2) is 17.8 Å². The summed E-state index contributed by atoms with van der Waals surface area (Å²) >= 11 is 17.8. The van der Waals surface area contributed by atoms with Crippen molar-refractivity contribution in [1.82, 2.24) is 4.68 Å². The Morgan fingerprint density at radius 2 is 2.00 bits per heavy atom. The van der Waals surface area contributed by atoms with E-state index in [1.54, 1.807) is 0 Å². The van der Waals surface area contributed by atoms with Crippen molar-refractivity contribution < 1.29 is 14.2 Å². The summed E-state index contributed by atoms with van der Waals surface area (Å²) in [7, 11) is 5.20. The third-order valence-electron chi connectivity index (χ3n) is 3.35. The molecule has 0 aliphatic carbocycles. The number of halogens is 3. The Labute approximate surface area is 134 Å². The maximum absolute atomic E-state index is 11.0. The molecule has 1 aromatic heterocycles. The molecule has 0 amide bonds. The van der Waals surface area contributed by atoms with Crippen molar-refractivity contribution in [2.24, 2.45) is 14.1 Å². The molecule has 0 aliphatic rings. The van der Waals surface area contributed by atoms with Crippen molar-refractivity contribution in [2.75, 3.05) is 7.11 Å². The van der Waals surface area contributed by atoms with E-state index in [2.05, 4.69) is 4.74 Å². The van der Waals surface area contributed by atoms with Gasteiger partial charge in [0.1, 0.15) is 0 Å². The van der Waals surface area contributed by atoms with Crippen molar-refractivity contribution in [3.8, 4) is 0 Å². The molecule has 0 bridgehead atoms. The van der Waals surface area contributed by atoms with Gasteiger partial charge in [0.05, 0.1) is 19.9 Å². The second kappa shape index (κ2) is 7.53. The van der Waals surface area contributed by atoms with Crippen LogP contribution >= 0.6 is 34.8 Å². The van der Waals surface area contributed by atoms with Crippen LogP contribution in [0.1, 0.15) is 37.1 Å². The van der Waals surface area contributed by atoms with E-state index in [-0.39, 0.29) is 5.97 Å². The topological polar surface area (TPSA) is 35.1 Å². The van der Waals surface area contributed by atoms with Crippen molar-refractivity contribution in [2.45, 2.75) is 35.9 Å². The van der Waals surface area contributed by atoms with E-state index >= 15 is 0 Å². The predicted octanol–water partition coefficient (Wildman–Crippen LogP) is 2.95. The lowest BCUT2D eigenvalue weighted by molar-refractivity contribution is -0.758. The molecule has 0 saturated carbocycles. The molecule has 0 atom stereocenters. The molecular weight excluding hydrogens is 323 g/mol. The Morgan fingerprint density at radius 1 is 1.35 bits per heavy atom. The summed E-state index contributed by atoms with van der Waals surface area (Å²) in [5.74, 6) is -0.159. The van der Waals surface area contributed by atoms with E-state index in [1.807, 2.05) is 29.5 Å². The average molecular weight is 343 g/mol. The predicted molar refractivity (Wildman–Crippen MR) is 80.0 cm³/mol. The molecule has 0 saturated heterocycles. The van der Waals surface area contributed by atoms with E-state index in [1.165, 1.54) is 7.11 Å². The zero-order valence-corrected chi connectivity index (χ0v) is 14.2. The molecule has 0 aromatic carbocycles. The molecule has 0 spiro atoms. The fraction of sp³-hybridized carbons (Fsp3) is 0.692. The van der Waals surface area contributed by atoms with Gasteiger partial charge < -0.3 is 4.74 Å². The normalized spacial score (nSPS) is 11.7. The number of carbonyl (C=O) groups is 1. The van der Waals surface area contributed by atoms with Gasteiger partial charge in [-0.15, -0.1) is 4.68 Å². The van der Waals surface area contributed by atoms with Gasteiger partial charge in [0.15, 0.2) is 7.05 Å². The molecule has 0 radical (unpaired) electrons. The zero-order chi connectivity index (χ0) is 15.3. The molecule has 1 aromatic rings. The lowest BCUT2D eigenvalue weighted by Crippen LogP contribution is -2.43. The Balaban J connectivity index is 2.51. The smallest absolute Gasteiger partial charge is 0.305 e. The van der Waals surface area contributed by atoms with Crippen LogP contribution in [-0.2, 0) is 33.8 Å². The highest BCUT2D eigenvalue weighted by Crippen LogP contribution is 2.36. The quantitative estimate of drug-likeness (QED) is 0.345. The highest BCUT2D eigenvalue weighted by molar-refractivity contribution is 6.66. The van der Waals surface area contributed by atoms with Gasteiger partial charge >= 0.3 is 5.97 Å². The molecule has 20 heavy (non-hydrogen) atoms. The number of methoxy groups -OCH3 is 1. The van der Waals surface area contributed by atoms with Crippen LogP contribution in [0.15, 0.2) is 6.07 Å². The number of aryl methyl sites for hydroxylation is 1. The summed E-state index contributed by atoms with van der Waals surface area (Å²) in [5.41, 5.74) is 1.75. The molecule has 0 fully saturated rings. The minimum Gasteiger partial charge on any atom is -0.469 e. The van der Waals surface area contributed by atoms with Gasteiger partial charge in [-0.2, -0.15) is 4.68 Å². The molecule has 0 unspecified atom stereocenters. The van der Waals surface area contributed by atoms with E-state index in [4.69, 9.17) is 34.8 Å². The molecule has 114 valence electrons. The Hall–Kier alpha value is -0.450. The van der Waals surface area contributed by atoms with Crippen LogP contribution in [0.2, 0.25) is 0 Å². The highest BCUT2D eigenvalue weighted by Gasteiger charge is 2.35. The number of unbranched alkanes of at least 4 members (excludes halogenated alkanes) is 2. The molecular formula is C13H20Cl3N2O2+. The second-order valence-electron chi connectivity index (χ2n) is 4.70. The van der Waals surface area contributed by atoms with Crippen LogP contribution in [0.25, 0.3) is 0 Å². The third kappa shape index (κ3) is 4.83. The first-order valence-corrected chi connectivity index (χ1v) is 7.59. The molecule has 7 heteroatoms. The van der Waals surface area contributed by atoms with E-state index in [0.29, 0.717) is 12.1 Å². The third-order valence-corrected chi connectivity index (χ3v) is 3.93. The molecule has 1 rings (SSSR count). The standard InChI is InChI=1S/C13H20Cl3N2O2/c1-17-10(7-5-4-6-8-12(19)20-3)9-11(18(17)2)13(14,15)16/h9H,4-8H2,1-3H3/q+1. The van der Waals surface area contributed by atoms with Gasteiger partial charge in [-0.1, -0.05) is 41.2 Å². The summed E-state index contributed by atoms with van der Waals surface area (Å²) in [6.45, 7) is 0. The largest absolute Gasteiger partial charge is 0.469 e. The zero-order valence-electron chi connectivity index (χ0n) is 12.0. The number of rotatable bonds is 6. The number of ether oxygens (including phenoxy) is 1. The van der Waals surface area contributed by atoms with Gasteiger partial charge in [0, 0.05) is 12.5 Å². The SMILES string of the molecule is COC(=O)CCCCCc1cc(C(Cl)(Cl)Cl)[n+](C)n1C. The first-order valence-electron chi connectivity index (χ1n) is 6.46. The lowest BCUT2D eigenvalue weighted by atomic mass is 10.1. The van der Waals surface area contributed by atoms with E-state index in [0.717, 1.165) is 31.4 Å². The van der Waals surface area contributed by atoms with Crippen molar-refractivity contribution in [3.05, 3.63) is 17.5 Å². The fourth-order valence-corrected chi connectivity index (χ4v) is 2.58.